The van der Waals surface area contributed by atoms with Crippen LogP contribution in [0.3, 0.4) is 0 Å². The molecule has 0 unspecified atom stereocenters. The first-order chi connectivity index (χ1) is 10.0. The second-order valence-corrected chi connectivity index (χ2v) is 5.76. The molecular formula is C15H14BrFN4. The lowest BCUT2D eigenvalue weighted by atomic mass is 10.2. The highest BCUT2D eigenvalue weighted by Crippen LogP contribution is 2.21. The Kier molecular flexibility index (Phi) is 3.63. The molecule has 108 valence electrons. The van der Waals surface area contributed by atoms with E-state index in [1.165, 1.54) is 6.07 Å². The Morgan fingerprint density at radius 3 is 2.90 bits per heavy atom. The molecule has 0 aliphatic carbocycles. The zero-order valence-corrected chi connectivity index (χ0v) is 13.3. The molecule has 1 N–H and O–H groups in total. The van der Waals surface area contributed by atoms with Gasteiger partial charge in [0.25, 0.3) is 0 Å². The highest BCUT2D eigenvalue weighted by atomic mass is 79.9. The molecule has 1 aromatic carbocycles. The third-order valence-electron chi connectivity index (χ3n) is 3.34. The van der Waals surface area contributed by atoms with Crippen LogP contribution in [-0.4, -0.2) is 14.8 Å². The summed E-state index contributed by atoms with van der Waals surface area (Å²) in [6.45, 7) is 2.57. The molecule has 0 aliphatic heterocycles. The topological polar surface area (TPSA) is 42.7 Å². The van der Waals surface area contributed by atoms with E-state index in [1.807, 2.05) is 20.0 Å². The Hall–Kier alpha value is -1.95. The number of anilines is 1. The Bertz CT molecular complexity index is 813. The molecule has 3 rings (SSSR count). The number of aromatic nitrogens is 3. The van der Waals surface area contributed by atoms with E-state index in [0.717, 1.165) is 28.0 Å². The number of hydrogen-bond donors (Lipinski definition) is 1. The van der Waals surface area contributed by atoms with E-state index in [4.69, 9.17) is 0 Å². The maximum absolute atomic E-state index is 13.2. The third kappa shape index (κ3) is 2.76. The summed E-state index contributed by atoms with van der Waals surface area (Å²) in [4.78, 5) is 4.41. The van der Waals surface area contributed by atoms with E-state index < -0.39 is 0 Å². The summed E-state index contributed by atoms with van der Waals surface area (Å²) in [5.74, 6) is -0.257. The number of benzene rings is 1. The number of hydrogen-bond acceptors (Lipinski definition) is 3. The number of fused-ring (bicyclic) bond motifs is 1. The fraction of sp³-hybridized carbons (Fsp3) is 0.200. The maximum Gasteiger partial charge on any atom is 0.157 e. The lowest BCUT2D eigenvalue weighted by Gasteiger charge is -2.07. The average molecular weight is 349 g/mol. The van der Waals surface area contributed by atoms with Gasteiger partial charge in [-0.1, -0.05) is 6.07 Å². The molecule has 6 heteroatoms. The first-order valence-electron chi connectivity index (χ1n) is 6.52. The molecule has 2 aromatic heterocycles. The summed E-state index contributed by atoms with van der Waals surface area (Å²) >= 11 is 3.19. The number of nitrogens with zero attached hydrogens (tertiary/aromatic N) is 3. The van der Waals surface area contributed by atoms with E-state index in [0.29, 0.717) is 11.0 Å². The Balaban J connectivity index is 1.81. The van der Waals surface area contributed by atoms with Gasteiger partial charge in [-0.05, 0) is 46.6 Å². The maximum atomic E-state index is 13.2. The number of rotatable bonds is 3. The standard InChI is InChI=1S/C15H14BrFN4/c1-9-12-6-11(8-19-15(12)21(2)20-9)18-7-10-3-4-14(17)13(16)5-10/h3-6,8,18H,7H2,1-2H3. The largest absolute Gasteiger partial charge is 0.380 e. The Morgan fingerprint density at radius 1 is 1.33 bits per heavy atom. The van der Waals surface area contributed by atoms with Gasteiger partial charge >= 0.3 is 0 Å². The first-order valence-corrected chi connectivity index (χ1v) is 7.31. The van der Waals surface area contributed by atoms with Crippen molar-refractivity contribution in [1.82, 2.24) is 14.8 Å². The van der Waals surface area contributed by atoms with Gasteiger partial charge in [0.15, 0.2) is 5.65 Å². The quantitative estimate of drug-likeness (QED) is 0.782. The summed E-state index contributed by atoms with van der Waals surface area (Å²) in [7, 11) is 1.88. The van der Waals surface area contributed by atoms with Crippen molar-refractivity contribution >= 4 is 32.7 Å². The van der Waals surface area contributed by atoms with Crippen LogP contribution in [0, 0.1) is 12.7 Å². The van der Waals surface area contributed by atoms with Crippen LogP contribution in [0.15, 0.2) is 34.9 Å². The van der Waals surface area contributed by atoms with Crippen LogP contribution in [0.1, 0.15) is 11.3 Å². The normalized spacial score (nSPS) is 11.0. The number of halogens is 2. The number of aryl methyl sites for hydroxylation is 2. The molecule has 0 bridgehead atoms. The lowest BCUT2D eigenvalue weighted by molar-refractivity contribution is 0.620. The van der Waals surface area contributed by atoms with Gasteiger partial charge in [-0.15, -0.1) is 0 Å². The molecule has 0 radical (unpaired) electrons. The molecule has 3 aromatic rings. The predicted molar refractivity (Wildman–Crippen MR) is 84.7 cm³/mol. The molecule has 0 spiro atoms. The lowest BCUT2D eigenvalue weighted by Crippen LogP contribution is -2.00. The van der Waals surface area contributed by atoms with Crippen LogP contribution in [0.25, 0.3) is 11.0 Å². The van der Waals surface area contributed by atoms with Crippen molar-refractivity contribution in [1.29, 1.82) is 0 Å². The van der Waals surface area contributed by atoms with Crippen molar-refractivity contribution in [3.63, 3.8) is 0 Å². The summed E-state index contributed by atoms with van der Waals surface area (Å²) in [6, 6.07) is 7.01. The molecule has 0 atom stereocenters. The fourth-order valence-electron chi connectivity index (χ4n) is 2.26. The van der Waals surface area contributed by atoms with Crippen molar-refractivity contribution in [2.75, 3.05) is 5.32 Å². The van der Waals surface area contributed by atoms with Gasteiger partial charge in [-0.3, -0.25) is 4.68 Å². The van der Waals surface area contributed by atoms with Crippen molar-refractivity contribution in [2.45, 2.75) is 13.5 Å². The molecule has 0 amide bonds. The molecule has 2 heterocycles. The van der Waals surface area contributed by atoms with Gasteiger partial charge in [-0.2, -0.15) is 5.10 Å². The van der Waals surface area contributed by atoms with Crippen molar-refractivity contribution in [2.24, 2.45) is 7.05 Å². The smallest absolute Gasteiger partial charge is 0.157 e. The monoisotopic (exact) mass is 348 g/mol. The molecule has 21 heavy (non-hydrogen) atoms. The summed E-state index contributed by atoms with van der Waals surface area (Å²) in [6.07, 6.45) is 1.78. The Morgan fingerprint density at radius 2 is 2.14 bits per heavy atom. The van der Waals surface area contributed by atoms with E-state index in [2.05, 4.69) is 31.3 Å². The van der Waals surface area contributed by atoms with E-state index in [9.17, 15) is 4.39 Å². The highest BCUT2D eigenvalue weighted by Gasteiger charge is 2.07. The SMILES string of the molecule is Cc1nn(C)c2ncc(NCc3ccc(F)c(Br)c3)cc12. The minimum absolute atomic E-state index is 0.257. The van der Waals surface area contributed by atoms with Crippen LogP contribution < -0.4 is 5.32 Å². The molecular weight excluding hydrogens is 335 g/mol. The van der Waals surface area contributed by atoms with Gasteiger partial charge in [0.05, 0.1) is 22.1 Å². The fourth-order valence-corrected chi connectivity index (χ4v) is 2.68. The summed E-state index contributed by atoms with van der Waals surface area (Å²) < 4.78 is 15.4. The van der Waals surface area contributed by atoms with Gasteiger partial charge in [0.1, 0.15) is 5.82 Å². The second kappa shape index (κ2) is 5.44. The minimum atomic E-state index is -0.257. The molecule has 0 fully saturated rings. The third-order valence-corrected chi connectivity index (χ3v) is 3.95. The Labute approximate surface area is 130 Å². The van der Waals surface area contributed by atoms with Crippen LogP contribution in [0.5, 0.6) is 0 Å². The van der Waals surface area contributed by atoms with E-state index in [-0.39, 0.29) is 5.82 Å². The van der Waals surface area contributed by atoms with Crippen LogP contribution >= 0.6 is 15.9 Å². The molecule has 4 nitrogen and oxygen atoms in total. The van der Waals surface area contributed by atoms with Crippen LogP contribution in [-0.2, 0) is 13.6 Å². The van der Waals surface area contributed by atoms with Gasteiger partial charge in [0.2, 0.25) is 0 Å². The van der Waals surface area contributed by atoms with Crippen molar-refractivity contribution in [3.8, 4) is 0 Å². The van der Waals surface area contributed by atoms with Crippen LogP contribution in [0.4, 0.5) is 10.1 Å². The summed E-state index contributed by atoms with van der Waals surface area (Å²) in [5, 5.41) is 8.67. The molecule has 0 saturated carbocycles. The van der Waals surface area contributed by atoms with Gasteiger partial charge < -0.3 is 5.32 Å². The number of nitrogens with one attached hydrogen (secondary N) is 1. The average Bonchev–Trinajstić information content (AvgIpc) is 2.75. The van der Waals surface area contributed by atoms with Gasteiger partial charge in [0, 0.05) is 19.0 Å². The van der Waals surface area contributed by atoms with Gasteiger partial charge in [-0.25, -0.2) is 9.37 Å². The zero-order valence-electron chi connectivity index (χ0n) is 11.7. The first kappa shape index (κ1) is 14.0. The van der Waals surface area contributed by atoms with Crippen molar-refractivity contribution in [3.05, 3.63) is 52.0 Å². The van der Waals surface area contributed by atoms with Crippen LogP contribution in [0.2, 0.25) is 0 Å². The molecule has 0 aliphatic rings. The summed E-state index contributed by atoms with van der Waals surface area (Å²) in [5.41, 5.74) is 3.72. The zero-order chi connectivity index (χ0) is 15.0. The predicted octanol–water partition coefficient (Wildman–Crippen LogP) is 3.79. The van der Waals surface area contributed by atoms with Crippen molar-refractivity contribution < 1.29 is 4.39 Å². The molecule has 0 saturated heterocycles. The second-order valence-electron chi connectivity index (χ2n) is 4.91. The van der Waals surface area contributed by atoms with E-state index >= 15 is 0 Å². The highest BCUT2D eigenvalue weighted by molar-refractivity contribution is 9.10. The van der Waals surface area contributed by atoms with E-state index in [1.54, 1.807) is 23.0 Å². The number of pyridine rings is 1. The minimum Gasteiger partial charge on any atom is -0.380 e.